The number of nitrogens with one attached hydrogen (secondary N) is 2. The maximum atomic E-state index is 12.0. The van der Waals surface area contributed by atoms with Crippen molar-refractivity contribution in [2.24, 2.45) is 17.8 Å². The van der Waals surface area contributed by atoms with Crippen LogP contribution in [0.4, 0.5) is 0 Å². The Bertz CT molecular complexity index is 332. The van der Waals surface area contributed by atoms with Crippen LogP contribution in [0, 0.1) is 17.8 Å². The minimum absolute atomic E-state index is 0.000920. The van der Waals surface area contributed by atoms with E-state index in [4.69, 9.17) is 0 Å². The average molecular weight is 236 g/mol. The Balaban J connectivity index is 1.54. The Labute approximate surface area is 102 Å². The standard InChI is InChI=1S/C13H20N2O2/c16-12(10-6-8-5-9(8)7-10)15-11-3-1-2-4-14-13(11)17/h8-11H,1-7H2,(H,14,17)(H,15,16). The summed E-state index contributed by atoms with van der Waals surface area (Å²) in [5, 5.41) is 5.80. The summed E-state index contributed by atoms with van der Waals surface area (Å²) >= 11 is 0. The molecule has 4 nitrogen and oxygen atoms in total. The molecule has 0 aromatic rings. The molecule has 2 saturated carbocycles. The van der Waals surface area contributed by atoms with Gasteiger partial charge in [-0.15, -0.1) is 0 Å². The Morgan fingerprint density at radius 1 is 1.18 bits per heavy atom. The van der Waals surface area contributed by atoms with Crippen molar-refractivity contribution in [3.8, 4) is 0 Å². The van der Waals surface area contributed by atoms with Crippen molar-refractivity contribution >= 4 is 11.8 Å². The van der Waals surface area contributed by atoms with Crippen LogP contribution in [0.2, 0.25) is 0 Å². The molecular weight excluding hydrogens is 216 g/mol. The fourth-order valence-electron chi connectivity index (χ4n) is 3.30. The van der Waals surface area contributed by atoms with Crippen LogP contribution in [0.15, 0.2) is 0 Å². The van der Waals surface area contributed by atoms with E-state index in [1.165, 1.54) is 6.42 Å². The van der Waals surface area contributed by atoms with Gasteiger partial charge in [0.15, 0.2) is 0 Å². The molecule has 4 heteroatoms. The highest BCUT2D eigenvalue weighted by Gasteiger charge is 2.48. The van der Waals surface area contributed by atoms with Gasteiger partial charge in [0.25, 0.3) is 0 Å². The average Bonchev–Trinajstić information content (AvgIpc) is 2.98. The number of fused-ring (bicyclic) bond motifs is 1. The monoisotopic (exact) mass is 236 g/mol. The molecular formula is C13H20N2O2. The minimum atomic E-state index is -0.290. The van der Waals surface area contributed by atoms with Crippen LogP contribution in [0.5, 0.6) is 0 Å². The van der Waals surface area contributed by atoms with Gasteiger partial charge in [0.1, 0.15) is 6.04 Å². The second-order valence-electron chi connectivity index (χ2n) is 5.77. The van der Waals surface area contributed by atoms with Crippen LogP contribution in [0.25, 0.3) is 0 Å². The Morgan fingerprint density at radius 2 is 1.94 bits per heavy atom. The molecule has 0 bridgehead atoms. The largest absolute Gasteiger partial charge is 0.354 e. The fraction of sp³-hybridized carbons (Fsp3) is 0.846. The summed E-state index contributed by atoms with van der Waals surface area (Å²) in [6, 6.07) is -0.290. The second-order valence-corrected chi connectivity index (χ2v) is 5.77. The summed E-state index contributed by atoms with van der Waals surface area (Å²) in [4.78, 5) is 23.8. The van der Waals surface area contributed by atoms with E-state index in [1.807, 2.05) is 0 Å². The molecule has 0 radical (unpaired) electrons. The summed E-state index contributed by atoms with van der Waals surface area (Å²) in [6.45, 7) is 0.749. The number of amides is 2. The first-order valence-electron chi connectivity index (χ1n) is 6.82. The molecule has 94 valence electrons. The summed E-state index contributed by atoms with van der Waals surface area (Å²) in [6.07, 6.45) is 6.24. The molecule has 1 aliphatic heterocycles. The van der Waals surface area contributed by atoms with Crippen molar-refractivity contribution in [1.82, 2.24) is 10.6 Å². The lowest BCUT2D eigenvalue weighted by Gasteiger charge is -2.18. The SMILES string of the molecule is O=C(NC1CCCCNC1=O)C1CC2CC2C1. The third-order valence-corrected chi connectivity index (χ3v) is 4.47. The van der Waals surface area contributed by atoms with Gasteiger partial charge in [-0.25, -0.2) is 0 Å². The van der Waals surface area contributed by atoms with Gasteiger partial charge in [0.2, 0.25) is 11.8 Å². The highest BCUT2D eigenvalue weighted by Crippen LogP contribution is 2.54. The van der Waals surface area contributed by atoms with Crippen molar-refractivity contribution in [2.75, 3.05) is 6.54 Å². The molecule has 3 rings (SSSR count). The molecule has 2 amide bonds. The van der Waals surface area contributed by atoms with E-state index in [-0.39, 0.29) is 23.8 Å². The summed E-state index contributed by atoms with van der Waals surface area (Å²) < 4.78 is 0. The molecule has 2 aliphatic carbocycles. The van der Waals surface area contributed by atoms with Crippen LogP contribution in [-0.2, 0) is 9.59 Å². The van der Waals surface area contributed by atoms with E-state index in [2.05, 4.69) is 10.6 Å². The van der Waals surface area contributed by atoms with Gasteiger partial charge >= 0.3 is 0 Å². The molecule has 3 aliphatic rings. The zero-order valence-electron chi connectivity index (χ0n) is 10.1. The summed E-state index contributed by atoms with van der Waals surface area (Å²) in [5.74, 6) is 1.91. The predicted molar refractivity (Wildman–Crippen MR) is 63.1 cm³/mol. The molecule has 17 heavy (non-hydrogen) atoms. The smallest absolute Gasteiger partial charge is 0.242 e. The highest BCUT2D eigenvalue weighted by molar-refractivity contribution is 5.88. The summed E-state index contributed by atoms with van der Waals surface area (Å²) in [7, 11) is 0. The first-order valence-corrected chi connectivity index (χ1v) is 6.82. The van der Waals surface area contributed by atoms with Crippen LogP contribution >= 0.6 is 0 Å². The molecule has 1 heterocycles. The zero-order valence-corrected chi connectivity index (χ0v) is 10.1. The highest BCUT2D eigenvalue weighted by atomic mass is 16.2. The molecule has 1 saturated heterocycles. The van der Waals surface area contributed by atoms with Crippen molar-refractivity contribution in [2.45, 2.75) is 44.6 Å². The normalized spacial score (nSPS) is 40.1. The molecule has 3 atom stereocenters. The summed E-state index contributed by atoms with van der Waals surface area (Å²) in [5.41, 5.74) is 0. The van der Waals surface area contributed by atoms with E-state index >= 15 is 0 Å². The number of carbonyl (C=O) groups is 2. The van der Waals surface area contributed by atoms with Crippen molar-refractivity contribution in [3.05, 3.63) is 0 Å². The first-order chi connectivity index (χ1) is 8.24. The van der Waals surface area contributed by atoms with Gasteiger partial charge in [-0.2, -0.15) is 0 Å². The quantitative estimate of drug-likeness (QED) is 0.745. The maximum absolute atomic E-state index is 12.0. The topological polar surface area (TPSA) is 58.2 Å². The molecule has 2 N–H and O–H groups in total. The Morgan fingerprint density at radius 3 is 2.71 bits per heavy atom. The van der Waals surface area contributed by atoms with Gasteiger partial charge in [0.05, 0.1) is 0 Å². The third kappa shape index (κ3) is 2.31. The Hall–Kier alpha value is -1.06. The predicted octanol–water partition coefficient (Wildman–Crippen LogP) is 0.817. The lowest BCUT2D eigenvalue weighted by Crippen LogP contribution is -2.47. The first kappa shape index (κ1) is 11.1. The fourth-order valence-corrected chi connectivity index (χ4v) is 3.30. The van der Waals surface area contributed by atoms with E-state index in [0.29, 0.717) is 0 Å². The van der Waals surface area contributed by atoms with Crippen LogP contribution < -0.4 is 10.6 Å². The molecule has 0 spiro atoms. The number of hydrogen-bond acceptors (Lipinski definition) is 2. The minimum Gasteiger partial charge on any atom is -0.354 e. The van der Waals surface area contributed by atoms with Crippen molar-refractivity contribution in [1.29, 1.82) is 0 Å². The molecule has 3 unspecified atom stereocenters. The van der Waals surface area contributed by atoms with Gasteiger partial charge < -0.3 is 10.6 Å². The Kier molecular flexibility index (Phi) is 2.81. The lowest BCUT2D eigenvalue weighted by molar-refractivity contribution is -0.131. The zero-order chi connectivity index (χ0) is 11.8. The maximum Gasteiger partial charge on any atom is 0.242 e. The second kappa shape index (κ2) is 4.31. The number of hydrogen-bond donors (Lipinski definition) is 2. The number of rotatable bonds is 2. The van der Waals surface area contributed by atoms with Gasteiger partial charge in [0, 0.05) is 12.5 Å². The van der Waals surface area contributed by atoms with Crippen LogP contribution in [0.1, 0.15) is 38.5 Å². The molecule has 3 fully saturated rings. The van der Waals surface area contributed by atoms with E-state index in [1.54, 1.807) is 0 Å². The third-order valence-electron chi connectivity index (χ3n) is 4.47. The van der Waals surface area contributed by atoms with Gasteiger partial charge in [-0.3, -0.25) is 9.59 Å². The lowest BCUT2D eigenvalue weighted by atomic mass is 10.0. The van der Waals surface area contributed by atoms with Gasteiger partial charge in [-0.1, -0.05) is 0 Å². The van der Waals surface area contributed by atoms with E-state index in [0.717, 1.165) is 50.5 Å². The van der Waals surface area contributed by atoms with E-state index in [9.17, 15) is 9.59 Å². The van der Waals surface area contributed by atoms with Gasteiger partial charge in [-0.05, 0) is 50.4 Å². The van der Waals surface area contributed by atoms with Crippen LogP contribution in [0.3, 0.4) is 0 Å². The van der Waals surface area contributed by atoms with E-state index < -0.39 is 0 Å². The van der Waals surface area contributed by atoms with Crippen LogP contribution in [-0.4, -0.2) is 24.4 Å². The van der Waals surface area contributed by atoms with Crippen molar-refractivity contribution < 1.29 is 9.59 Å². The van der Waals surface area contributed by atoms with Crippen molar-refractivity contribution in [3.63, 3.8) is 0 Å². The number of carbonyl (C=O) groups excluding carboxylic acids is 2. The molecule has 0 aromatic heterocycles. The molecule has 0 aromatic carbocycles.